The van der Waals surface area contributed by atoms with Crippen molar-refractivity contribution in [3.8, 4) is 17.3 Å². The predicted octanol–water partition coefficient (Wildman–Crippen LogP) is 5.00. The number of anilines is 1. The highest BCUT2D eigenvalue weighted by molar-refractivity contribution is 8.00. The number of nitrogens with zero attached hydrogens (tertiary/aromatic N) is 2. The first kappa shape index (κ1) is 18.0. The zero-order valence-electron chi connectivity index (χ0n) is 13.6. The van der Waals surface area contributed by atoms with Crippen LogP contribution in [0.1, 0.15) is 5.56 Å². The first-order valence-electron chi connectivity index (χ1n) is 7.80. The van der Waals surface area contributed by atoms with Crippen LogP contribution in [0.2, 0.25) is 5.02 Å². The van der Waals surface area contributed by atoms with Gasteiger partial charge in [0.1, 0.15) is 11.1 Å². The number of thioether (sulfide) groups is 1. The number of amides is 1. The second kappa shape index (κ2) is 8.52. The van der Waals surface area contributed by atoms with Gasteiger partial charge in [-0.1, -0.05) is 53.7 Å². The number of pyridine rings is 1. The summed E-state index contributed by atoms with van der Waals surface area (Å²) in [5.74, 6) is -0.0177. The summed E-state index contributed by atoms with van der Waals surface area (Å²) in [7, 11) is 0. The summed E-state index contributed by atoms with van der Waals surface area (Å²) in [5.41, 5.74) is 2.86. The van der Waals surface area contributed by atoms with Crippen molar-refractivity contribution in [1.82, 2.24) is 4.98 Å². The van der Waals surface area contributed by atoms with Gasteiger partial charge in [-0.05, 0) is 36.4 Å². The number of halogens is 1. The lowest BCUT2D eigenvalue weighted by Crippen LogP contribution is -2.14. The molecule has 1 N–H and O–H groups in total. The van der Waals surface area contributed by atoms with Gasteiger partial charge in [-0.2, -0.15) is 5.26 Å². The molecule has 3 aromatic rings. The molecule has 0 saturated carbocycles. The fourth-order valence-corrected chi connectivity index (χ4v) is 3.17. The Morgan fingerprint density at radius 3 is 2.50 bits per heavy atom. The number of nitriles is 1. The second-order valence-corrected chi connectivity index (χ2v) is 6.77. The average molecular weight is 380 g/mol. The Morgan fingerprint density at radius 2 is 1.81 bits per heavy atom. The first-order chi connectivity index (χ1) is 12.7. The molecule has 4 nitrogen and oxygen atoms in total. The van der Waals surface area contributed by atoms with Crippen LogP contribution in [-0.4, -0.2) is 16.6 Å². The van der Waals surface area contributed by atoms with Crippen LogP contribution in [0, 0.1) is 11.3 Å². The predicted molar refractivity (Wildman–Crippen MR) is 105 cm³/mol. The number of benzene rings is 2. The van der Waals surface area contributed by atoms with Crippen molar-refractivity contribution in [3.05, 3.63) is 77.3 Å². The van der Waals surface area contributed by atoms with E-state index in [0.717, 1.165) is 11.3 Å². The van der Waals surface area contributed by atoms with Gasteiger partial charge in [0.05, 0.1) is 17.0 Å². The zero-order valence-corrected chi connectivity index (χ0v) is 15.2. The van der Waals surface area contributed by atoms with E-state index >= 15 is 0 Å². The third kappa shape index (κ3) is 4.63. The van der Waals surface area contributed by atoms with Crippen molar-refractivity contribution < 1.29 is 4.79 Å². The van der Waals surface area contributed by atoms with Gasteiger partial charge in [-0.25, -0.2) is 4.98 Å². The molecule has 1 aromatic heterocycles. The van der Waals surface area contributed by atoms with Crippen molar-refractivity contribution in [2.24, 2.45) is 0 Å². The first-order valence-corrected chi connectivity index (χ1v) is 9.17. The minimum Gasteiger partial charge on any atom is -0.325 e. The fourth-order valence-electron chi connectivity index (χ4n) is 2.27. The Kier molecular flexibility index (Phi) is 5.90. The molecule has 0 saturated heterocycles. The van der Waals surface area contributed by atoms with E-state index in [-0.39, 0.29) is 11.7 Å². The van der Waals surface area contributed by atoms with Crippen LogP contribution in [0.25, 0.3) is 11.3 Å². The number of rotatable bonds is 5. The minimum absolute atomic E-state index is 0.155. The molecule has 0 fully saturated rings. The lowest BCUT2D eigenvalue weighted by Gasteiger charge is -2.08. The second-order valence-electron chi connectivity index (χ2n) is 5.37. The van der Waals surface area contributed by atoms with Gasteiger partial charge in [-0.3, -0.25) is 4.79 Å². The molecule has 6 heteroatoms. The standard InChI is InChI=1S/C20H14ClN3OS/c21-16-7-9-17(10-8-16)23-19(25)13-26-20-15(12-22)6-11-18(24-20)14-4-2-1-3-5-14/h1-11H,13H2,(H,23,25). The van der Waals surface area contributed by atoms with Crippen LogP contribution in [0.15, 0.2) is 71.8 Å². The molecule has 128 valence electrons. The molecule has 0 aliphatic carbocycles. The Hall–Kier alpha value is -2.81. The monoisotopic (exact) mass is 379 g/mol. The molecular weight excluding hydrogens is 366 g/mol. The average Bonchev–Trinajstić information content (AvgIpc) is 2.68. The molecule has 0 aliphatic heterocycles. The topological polar surface area (TPSA) is 65.8 Å². The highest BCUT2D eigenvalue weighted by Gasteiger charge is 2.11. The SMILES string of the molecule is N#Cc1ccc(-c2ccccc2)nc1SCC(=O)Nc1ccc(Cl)cc1. The molecule has 0 radical (unpaired) electrons. The van der Waals surface area contributed by atoms with Crippen molar-refractivity contribution in [2.45, 2.75) is 5.03 Å². The normalized spacial score (nSPS) is 10.2. The van der Waals surface area contributed by atoms with Crippen LogP contribution < -0.4 is 5.32 Å². The summed E-state index contributed by atoms with van der Waals surface area (Å²) >= 11 is 7.07. The largest absolute Gasteiger partial charge is 0.325 e. The summed E-state index contributed by atoms with van der Waals surface area (Å²) in [6, 6.07) is 22.3. The maximum Gasteiger partial charge on any atom is 0.234 e. The third-order valence-corrected chi connectivity index (χ3v) is 4.76. The molecule has 1 heterocycles. The van der Waals surface area contributed by atoms with Gasteiger partial charge >= 0.3 is 0 Å². The van der Waals surface area contributed by atoms with E-state index in [4.69, 9.17) is 11.6 Å². The molecule has 2 aromatic carbocycles. The molecule has 0 bridgehead atoms. The molecule has 0 atom stereocenters. The van der Waals surface area contributed by atoms with E-state index in [9.17, 15) is 10.1 Å². The summed E-state index contributed by atoms with van der Waals surface area (Å²) in [4.78, 5) is 16.7. The van der Waals surface area contributed by atoms with Crippen LogP contribution in [0.3, 0.4) is 0 Å². The highest BCUT2D eigenvalue weighted by atomic mass is 35.5. The van der Waals surface area contributed by atoms with E-state index in [1.54, 1.807) is 30.3 Å². The number of hydrogen-bond donors (Lipinski definition) is 1. The maximum atomic E-state index is 12.1. The van der Waals surface area contributed by atoms with Gasteiger partial charge in [0.2, 0.25) is 5.91 Å². The molecule has 0 spiro atoms. The Labute approximate surface area is 160 Å². The van der Waals surface area contributed by atoms with Crippen LogP contribution in [-0.2, 0) is 4.79 Å². The highest BCUT2D eigenvalue weighted by Crippen LogP contribution is 2.25. The van der Waals surface area contributed by atoms with Crippen molar-refractivity contribution in [1.29, 1.82) is 5.26 Å². The van der Waals surface area contributed by atoms with Crippen LogP contribution in [0.5, 0.6) is 0 Å². The van der Waals surface area contributed by atoms with Gasteiger partial charge in [-0.15, -0.1) is 0 Å². The zero-order chi connectivity index (χ0) is 18.4. The fraction of sp³-hybridized carbons (Fsp3) is 0.0500. The van der Waals surface area contributed by atoms with Gasteiger partial charge in [0.15, 0.2) is 0 Å². The van der Waals surface area contributed by atoms with Crippen LogP contribution in [0.4, 0.5) is 5.69 Å². The number of carbonyl (C=O) groups is 1. The Balaban J connectivity index is 1.71. The number of hydrogen-bond acceptors (Lipinski definition) is 4. The van der Waals surface area contributed by atoms with E-state index in [1.165, 1.54) is 11.8 Å². The smallest absolute Gasteiger partial charge is 0.234 e. The van der Waals surface area contributed by atoms with Gasteiger partial charge in [0, 0.05) is 16.3 Å². The van der Waals surface area contributed by atoms with E-state index in [2.05, 4.69) is 16.4 Å². The maximum absolute atomic E-state index is 12.1. The van der Waals surface area contributed by atoms with E-state index in [1.807, 2.05) is 36.4 Å². The molecule has 0 unspecified atom stereocenters. The van der Waals surface area contributed by atoms with Crippen molar-refractivity contribution in [3.63, 3.8) is 0 Å². The number of nitrogens with one attached hydrogen (secondary N) is 1. The van der Waals surface area contributed by atoms with Gasteiger partial charge in [0.25, 0.3) is 0 Å². The molecule has 3 rings (SSSR count). The number of aromatic nitrogens is 1. The quantitative estimate of drug-likeness (QED) is 0.633. The van der Waals surface area contributed by atoms with Crippen LogP contribution >= 0.6 is 23.4 Å². The van der Waals surface area contributed by atoms with E-state index < -0.39 is 0 Å². The van der Waals surface area contributed by atoms with Crippen molar-refractivity contribution >= 4 is 35.0 Å². The summed E-state index contributed by atoms with van der Waals surface area (Å²) in [6.07, 6.45) is 0. The van der Waals surface area contributed by atoms with E-state index in [0.29, 0.717) is 21.3 Å². The Morgan fingerprint density at radius 1 is 1.08 bits per heavy atom. The molecular formula is C20H14ClN3OS. The minimum atomic E-state index is -0.173. The number of carbonyl (C=O) groups excluding carboxylic acids is 1. The molecule has 0 aliphatic rings. The third-order valence-electron chi connectivity index (χ3n) is 3.52. The lowest BCUT2D eigenvalue weighted by atomic mass is 10.1. The Bertz CT molecular complexity index is 953. The molecule has 1 amide bonds. The van der Waals surface area contributed by atoms with Crippen molar-refractivity contribution in [2.75, 3.05) is 11.1 Å². The summed E-state index contributed by atoms with van der Waals surface area (Å²) < 4.78 is 0. The molecule has 26 heavy (non-hydrogen) atoms. The van der Waals surface area contributed by atoms with Gasteiger partial charge < -0.3 is 5.32 Å². The summed E-state index contributed by atoms with van der Waals surface area (Å²) in [6.45, 7) is 0. The summed E-state index contributed by atoms with van der Waals surface area (Å²) in [5, 5.41) is 13.2. The lowest BCUT2D eigenvalue weighted by molar-refractivity contribution is -0.113.